The number of nitriles is 1. The van der Waals surface area contributed by atoms with Crippen molar-refractivity contribution >= 4 is 29.1 Å². The number of halogens is 2. The summed E-state index contributed by atoms with van der Waals surface area (Å²) in [5, 5.41) is 20.6. The zero-order valence-electron chi connectivity index (χ0n) is 9.89. The van der Waals surface area contributed by atoms with Gasteiger partial charge in [0.2, 0.25) is 0 Å². The summed E-state index contributed by atoms with van der Waals surface area (Å²) in [6, 6.07) is 6.67. The molecule has 7 heteroatoms. The molecule has 1 heterocycles. The minimum absolute atomic E-state index is 0.00247. The highest BCUT2D eigenvalue weighted by Gasteiger charge is 2.11. The predicted octanol–water partition coefficient (Wildman–Crippen LogP) is 3.19. The number of rotatable bonds is 3. The van der Waals surface area contributed by atoms with Crippen LogP contribution in [0.15, 0.2) is 30.5 Å². The third-order valence-corrected chi connectivity index (χ3v) is 2.75. The van der Waals surface area contributed by atoms with Crippen LogP contribution in [0.5, 0.6) is 0 Å². The van der Waals surface area contributed by atoms with Crippen LogP contribution < -0.4 is 5.32 Å². The number of hydrogen-bond donors (Lipinski definition) is 2. The first kappa shape index (κ1) is 13.8. The summed E-state index contributed by atoms with van der Waals surface area (Å²) in [7, 11) is 0. The zero-order valence-corrected chi connectivity index (χ0v) is 10.6. The number of benzene rings is 1. The van der Waals surface area contributed by atoms with Gasteiger partial charge in [-0.3, -0.25) is 0 Å². The van der Waals surface area contributed by atoms with Gasteiger partial charge in [-0.25, -0.2) is 14.2 Å². The molecule has 0 unspecified atom stereocenters. The van der Waals surface area contributed by atoms with Crippen molar-refractivity contribution < 1.29 is 14.3 Å². The van der Waals surface area contributed by atoms with Crippen molar-refractivity contribution in [3.05, 3.63) is 52.4 Å². The van der Waals surface area contributed by atoms with Crippen LogP contribution in [-0.2, 0) is 0 Å². The van der Waals surface area contributed by atoms with Gasteiger partial charge in [-0.05, 0) is 24.3 Å². The van der Waals surface area contributed by atoms with Crippen LogP contribution in [0, 0.1) is 17.1 Å². The quantitative estimate of drug-likeness (QED) is 0.907. The lowest BCUT2D eigenvalue weighted by Gasteiger charge is -2.08. The number of aromatic nitrogens is 1. The SMILES string of the molecule is N#Cc1cc(F)ccc1Nc1cc(C(=O)O)c(Cl)cn1. The molecule has 0 atom stereocenters. The van der Waals surface area contributed by atoms with Crippen molar-refractivity contribution in [3.8, 4) is 6.07 Å². The van der Waals surface area contributed by atoms with Gasteiger partial charge in [-0.1, -0.05) is 11.6 Å². The van der Waals surface area contributed by atoms with E-state index in [-0.39, 0.29) is 22.0 Å². The third-order valence-electron chi connectivity index (χ3n) is 2.45. The number of pyridine rings is 1. The normalized spacial score (nSPS) is 9.85. The number of carbonyl (C=O) groups is 1. The number of nitrogens with one attached hydrogen (secondary N) is 1. The van der Waals surface area contributed by atoms with Gasteiger partial charge in [0.05, 0.1) is 21.8 Å². The summed E-state index contributed by atoms with van der Waals surface area (Å²) in [5.41, 5.74) is 0.281. The standard InChI is InChI=1S/C13H7ClFN3O2/c14-10-6-17-12(4-9(10)13(19)20)18-11-2-1-8(15)3-7(11)5-16/h1-4,6H,(H,17,18)(H,19,20). The minimum atomic E-state index is -1.19. The molecule has 1 aromatic carbocycles. The number of carboxylic acids is 1. The molecule has 0 fully saturated rings. The molecule has 0 saturated heterocycles. The number of aromatic carboxylic acids is 1. The predicted molar refractivity (Wildman–Crippen MR) is 70.6 cm³/mol. The molecule has 0 saturated carbocycles. The molecule has 2 N–H and O–H groups in total. The molecule has 5 nitrogen and oxygen atoms in total. The second-order valence-electron chi connectivity index (χ2n) is 3.78. The Bertz CT molecular complexity index is 728. The van der Waals surface area contributed by atoms with Crippen LogP contribution in [0.4, 0.5) is 15.9 Å². The first-order valence-electron chi connectivity index (χ1n) is 5.37. The summed E-state index contributed by atoms with van der Waals surface area (Å²) < 4.78 is 13.0. The molecular weight excluding hydrogens is 285 g/mol. The smallest absolute Gasteiger partial charge is 0.337 e. The molecule has 1 aromatic heterocycles. The average molecular weight is 292 g/mol. The van der Waals surface area contributed by atoms with Crippen LogP contribution in [-0.4, -0.2) is 16.1 Å². The average Bonchev–Trinajstić information content (AvgIpc) is 2.42. The van der Waals surface area contributed by atoms with E-state index in [0.717, 1.165) is 6.07 Å². The fraction of sp³-hybridized carbons (Fsp3) is 0. The molecular formula is C13H7ClFN3O2. The molecule has 20 heavy (non-hydrogen) atoms. The monoisotopic (exact) mass is 291 g/mol. The molecule has 2 aromatic rings. The summed E-state index contributed by atoms with van der Waals surface area (Å²) in [5.74, 6) is -1.54. The van der Waals surface area contributed by atoms with Crippen molar-refractivity contribution in [3.63, 3.8) is 0 Å². The third kappa shape index (κ3) is 2.84. The lowest BCUT2D eigenvalue weighted by molar-refractivity contribution is 0.0697. The maximum absolute atomic E-state index is 13.0. The van der Waals surface area contributed by atoms with Gasteiger partial charge in [0.25, 0.3) is 0 Å². The van der Waals surface area contributed by atoms with Gasteiger partial charge in [-0.15, -0.1) is 0 Å². The van der Waals surface area contributed by atoms with E-state index < -0.39 is 11.8 Å². The molecule has 0 aliphatic rings. The van der Waals surface area contributed by atoms with E-state index in [9.17, 15) is 9.18 Å². The number of hydrogen-bond acceptors (Lipinski definition) is 4. The van der Waals surface area contributed by atoms with Crippen LogP contribution >= 0.6 is 11.6 Å². The largest absolute Gasteiger partial charge is 0.478 e. The zero-order chi connectivity index (χ0) is 14.7. The molecule has 2 rings (SSSR count). The van der Waals surface area contributed by atoms with E-state index in [1.165, 1.54) is 24.4 Å². The minimum Gasteiger partial charge on any atom is -0.478 e. The van der Waals surface area contributed by atoms with Crippen molar-refractivity contribution in [2.45, 2.75) is 0 Å². The Balaban J connectivity index is 2.38. The van der Waals surface area contributed by atoms with Crippen LogP contribution in [0.2, 0.25) is 5.02 Å². The lowest BCUT2D eigenvalue weighted by atomic mass is 10.2. The van der Waals surface area contributed by atoms with Crippen LogP contribution in [0.3, 0.4) is 0 Å². The molecule has 0 amide bonds. The second-order valence-corrected chi connectivity index (χ2v) is 4.19. The Labute approximate surface area is 118 Å². The molecule has 0 bridgehead atoms. The highest BCUT2D eigenvalue weighted by molar-refractivity contribution is 6.33. The second kappa shape index (κ2) is 5.55. The van der Waals surface area contributed by atoms with Gasteiger partial charge in [0.1, 0.15) is 17.7 Å². The summed E-state index contributed by atoms with van der Waals surface area (Å²) in [4.78, 5) is 14.9. The Morgan fingerprint density at radius 3 is 2.85 bits per heavy atom. The Morgan fingerprint density at radius 2 is 2.20 bits per heavy atom. The van der Waals surface area contributed by atoms with E-state index in [2.05, 4.69) is 10.3 Å². The van der Waals surface area contributed by atoms with Gasteiger partial charge in [-0.2, -0.15) is 5.26 Å². The fourth-order valence-corrected chi connectivity index (χ4v) is 1.71. The first-order chi connectivity index (χ1) is 9.51. The fourth-order valence-electron chi connectivity index (χ4n) is 1.53. The summed E-state index contributed by atoms with van der Waals surface area (Å²) in [6.07, 6.45) is 1.18. The Kier molecular flexibility index (Phi) is 3.82. The van der Waals surface area contributed by atoms with Crippen molar-refractivity contribution in [2.24, 2.45) is 0 Å². The number of anilines is 2. The van der Waals surface area contributed by atoms with E-state index in [1.54, 1.807) is 0 Å². The van der Waals surface area contributed by atoms with Gasteiger partial charge in [0, 0.05) is 6.20 Å². The lowest BCUT2D eigenvalue weighted by Crippen LogP contribution is -2.02. The number of nitrogens with zero attached hydrogens (tertiary/aromatic N) is 2. The molecule has 0 radical (unpaired) electrons. The van der Waals surface area contributed by atoms with Gasteiger partial charge >= 0.3 is 5.97 Å². The van der Waals surface area contributed by atoms with Crippen molar-refractivity contribution in [1.29, 1.82) is 5.26 Å². The highest BCUT2D eigenvalue weighted by Crippen LogP contribution is 2.23. The Morgan fingerprint density at radius 1 is 1.45 bits per heavy atom. The van der Waals surface area contributed by atoms with E-state index in [0.29, 0.717) is 5.69 Å². The van der Waals surface area contributed by atoms with Crippen LogP contribution in [0.1, 0.15) is 15.9 Å². The van der Waals surface area contributed by atoms with Crippen molar-refractivity contribution in [1.82, 2.24) is 4.98 Å². The maximum atomic E-state index is 13.0. The topological polar surface area (TPSA) is 86.0 Å². The molecule has 0 aliphatic carbocycles. The van der Waals surface area contributed by atoms with Crippen molar-refractivity contribution in [2.75, 3.05) is 5.32 Å². The first-order valence-corrected chi connectivity index (χ1v) is 5.74. The highest BCUT2D eigenvalue weighted by atomic mass is 35.5. The van der Waals surface area contributed by atoms with Gasteiger partial charge < -0.3 is 10.4 Å². The Hall–Kier alpha value is -2.65. The summed E-state index contributed by atoms with van der Waals surface area (Å²) in [6.45, 7) is 0. The van der Waals surface area contributed by atoms with E-state index in [4.69, 9.17) is 22.0 Å². The van der Waals surface area contributed by atoms with Crippen LogP contribution in [0.25, 0.3) is 0 Å². The molecule has 100 valence electrons. The molecule has 0 spiro atoms. The molecule has 0 aliphatic heterocycles. The van der Waals surface area contributed by atoms with E-state index >= 15 is 0 Å². The van der Waals surface area contributed by atoms with Gasteiger partial charge in [0.15, 0.2) is 0 Å². The van der Waals surface area contributed by atoms with E-state index in [1.807, 2.05) is 6.07 Å². The summed E-state index contributed by atoms with van der Waals surface area (Å²) >= 11 is 5.70. The number of carboxylic acid groups (broad SMARTS) is 1. The maximum Gasteiger partial charge on any atom is 0.337 e.